The van der Waals surface area contributed by atoms with Crippen molar-refractivity contribution in [2.75, 3.05) is 0 Å². The second-order valence-electron chi connectivity index (χ2n) is 6.80. The van der Waals surface area contributed by atoms with E-state index in [4.69, 9.17) is 10.00 Å². The van der Waals surface area contributed by atoms with Gasteiger partial charge in [0, 0.05) is 23.5 Å². The highest BCUT2D eigenvalue weighted by molar-refractivity contribution is 5.99. The molecule has 1 aliphatic heterocycles. The van der Waals surface area contributed by atoms with E-state index in [1.807, 2.05) is 0 Å². The lowest BCUT2D eigenvalue weighted by molar-refractivity contribution is -0.274. The Hall–Kier alpha value is -3.32. The van der Waals surface area contributed by atoms with Crippen LogP contribution in [-0.4, -0.2) is 34.0 Å². The van der Waals surface area contributed by atoms with E-state index >= 15 is 0 Å². The van der Waals surface area contributed by atoms with Crippen LogP contribution in [-0.2, 0) is 0 Å². The Morgan fingerprint density at radius 3 is 2.76 bits per heavy atom. The molecule has 0 saturated carbocycles. The summed E-state index contributed by atoms with van der Waals surface area (Å²) < 4.78 is 47.6. The molecule has 29 heavy (non-hydrogen) atoms. The number of nitriles is 1. The number of alkyl halides is 3. The lowest BCUT2D eigenvalue weighted by Crippen LogP contribution is -2.48. The van der Waals surface area contributed by atoms with Gasteiger partial charge in [0.15, 0.2) is 6.19 Å². The molecule has 10 heteroatoms. The van der Waals surface area contributed by atoms with E-state index in [1.165, 1.54) is 18.5 Å². The third-order valence-corrected chi connectivity index (χ3v) is 4.30. The quantitative estimate of drug-likeness (QED) is 0.352. The molecule has 1 aliphatic rings. The molecule has 2 atom stereocenters. The summed E-state index contributed by atoms with van der Waals surface area (Å²) in [5.41, 5.74) is -0.422. The van der Waals surface area contributed by atoms with Crippen molar-refractivity contribution in [3.05, 3.63) is 53.9 Å². The van der Waals surface area contributed by atoms with E-state index in [2.05, 4.69) is 20.0 Å². The van der Waals surface area contributed by atoms with Gasteiger partial charge in [0.1, 0.15) is 35.1 Å². The number of nitrogens with zero attached hydrogens (tertiary/aromatic N) is 3. The van der Waals surface area contributed by atoms with Crippen LogP contribution < -0.4 is 14.8 Å². The van der Waals surface area contributed by atoms with E-state index in [9.17, 15) is 18.3 Å². The molecule has 0 radical (unpaired) electrons. The fraction of sp³-hybridized carbons (Fsp3) is 0.316. The Morgan fingerprint density at radius 1 is 1.38 bits per heavy atom. The summed E-state index contributed by atoms with van der Waals surface area (Å²) in [5.74, 6) is -0.107. The molecule has 1 aromatic heterocycles. The number of nitrogens with one attached hydrogen (secondary N) is 1. The second-order valence-corrected chi connectivity index (χ2v) is 6.80. The molecule has 2 heterocycles. The van der Waals surface area contributed by atoms with Gasteiger partial charge in [-0.25, -0.2) is 0 Å². The fourth-order valence-electron chi connectivity index (χ4n) is 2.96. The number of aliphatic imine (C=N–C) groups is 1. The van der Waals surface area contributed by atoms with Gasteiger partial charge in [-0.3, -0.25) is 15.3 Å². The standard InChI is InChI=1S/C19H17F3N4O3/c1-18(2)16(27)15(26-17(25-10-23)11-4-3-7-24-9-11)13-8-12(28-19(20,21)22)5-6-14(13)29-18/h3-9,15-16,27H,1-2H3,(H,25,26). The van der Waals surface area contributed by atoms with Gasteiger partial charge in [0.25, 0.3) is 0 Å². The highest BCUT2D eigenvalue weighted by Gasteiger charge is 2.44. The van der Waals surface area contributed by atoms with Crippen molar-refractivity contribution in [3.8, 4) is 17.7 Å². The summed E-state index contributed by atoms with van der Waals surface area (Å²) in [7, 11) is 0. The van der Waals surface area contributed by atoms with Crippen molar-refractivity contribution in [1.82, 2.24) is 10.3 Å². The molecule has 0 aliphatic carbocycles. The molecule has 3 rings (SSSR count). The summed E-state index contributed by atoms with van der Waals surface area (Å²) in [6, 6.07) is 5.82. The van der Waals surface area contributed by atoms with Crippen LogP contribution in [0.1, 0.15) is 31.0 Å². The molecule has 0 amide bonds. The van der Waals surface area contributed by atoms with Crippen LogP contribution in [0.15, 0.2) is 47.7 Å². The first-order chi connectivity index (χ1) is 13.6. The number of aromatic nitrogens is 1. The second kappa shape index (κ2) is 7.60. The molecular weight excluding hydrogens is 389 g/mol. The largest absolute Gasteiger partial charge is 0.573 e. The van der Waals surface area contributed by atoms with Crippen LogP contribution in [0.3, 0.4) is 0 Å². The predicted octanol–water partition coefficient (Wildman–Crippen LogP) is 3.07. The van der Waals surface area contributed by atoms with Crippen LogP contribution in [0.5, 0.6) is 11.5 Å². The number of ether oxygens (including phenoxy) is 2. The maximum absolute atomic E-state index is 12.6. The lowest BCUT2D eigenvalue weighted by Gasteiger charge is -2.40. The molecule has 2 aromatic rings. The van der Waals surface area contributed by atoms with Crippen LogP contribution in [0, 0.1) is 11.5 Å². The zero-order valence-electron chi connectivity index (χ0n) is 15.4. The molecule has 0 fully saturated rings. The Kier molecular flexibility index (Phi) is 5.35. The van der Waals surface area contributed by atoms with Gasteiger partial charge in [0.2, 0.25) is 0 Å². The van der Waals surface area contributed by atoms with Crippen molar-refractivity contribution in [2.45, 2.75) is 38.0 Å². The van der Waals surface area contributed by atoms with Crippen LogP contribution >= 0.6 is 0 Å². The number of benzene rings is 1. The summed E-state index contributed by atoms with van der Waals surface area (Å²) in [6.07, 6.45) is -1.33. The number of fused-ring (bicyclic) bond motifs is 1. The molecule has 1 aromatic carbocycles. The third-order valence-electron chi connectivity index (χ3n) is 4.30. The molecular formula is C19H17F3N4O3. The topological polar surface area (TPSA) is 99.8 Å². The molecule has 152 valence electrons. The minimum absolute atomic E-state index is 0.107. The van der Waals surface area contributed by atoms with E-state index < -0.39 is 29.9 Å². The minimum atomic E-state index is -4.87. The molecule has 2 N–H and O–H groups in total. The minimum Gasteiger partial charge on any atom is -0.485 e. The Labute approximate surface area is 164 Å². The predicted molar refractivity (Wildman–Crippen MR) is 96.1 cm³/mol. The first-order valence-electron chi connectivity index (χ1n) is 8.51. The van der Waals surface area contributed by atoms with E-state index in [0.717, 1.165) is 12.1 Å². The first-order valence-corrected chi connectivity index (χ1v) is 8.51. The van der Waals surface area contributed by atoms with Crippen molar-refractivity contribution in [1.29, 1.82) is 5.26 Å². The van der Waals surface area contributed by atoms with Crippen LogP contribution in [0.4, 0.5) is 13.2 Å². The van der Waals surface area contributed by atoms with Gasteiger partial charge in [-0.1, -0.05) is 0 Å². The zero-order chi connectivity index (χ0) is 21.2. The van der Waals surface area contributed by atoms with Crippen LogP contribution in [0.25, 0.3) is 0 Å². The normalized spacial score (nSPS) is 20.8. The van der Waals surface area contributed by atoms with Gasteiger partial charge in [-0.2, -0.15) is 5.26 Å². The van der Waals surface area contributed by atoms with Gasteiger partial charge >= 0.3 is 6.36 Å². The lowest BCUT2D eigenvalue weighted by atomic mass is 9.86. The maximum Gasteiger partial charge on any atom is 0.573 e. The average Bonchev–Trinajstić information content (AvgIpc) is 2.64. The van der Waals surface area contributed by atoms with E-state index in [0.29, 0.717) is 5.56 Å². The summed E-state index contributed by atoms with van der Waals surface area (Å²) in [6.45, 7) is 3.26. The number of rotatable bonds is 3. The summed E-state index contributed by atoms with van der Waals surface area (Å²) >= 11 is 0. The van der Waals surface area contributed by atoms with E-state index in [-0.39, 0.29) is 17.1 Å². The molecule has 0 spiro atoms. The highest BCUT2D eigenvalue weighted by Crippen LogP contribution is 2.44. The number of aliphatic hydroxyl groups is 1. The van der Waals surface area contributed by atoms with E-state index in [1.54, 1.807) is 32.2 Å². The molecule has 7 nitrogen and oxygen atoms in total. The van der Waals surface area contributed by atoms with Gasteiger partial charge < -0.3 is 14.6 Å². The highest BCUT2D eigenvalue weighted by atomic mass is 19.4. The number of hydrogen-bond donors (Lipinski definition) is 2. The maximum atomic E-state index is 12.6. The smallest absolute Gasteiger partial charge is 0.485 e. The van der Waals surface area contributed by atoms with Gasteiger partial charge in [-0.05, 0) is 44.2 Å². The SMILES string of the molecule is CC1(C)Oc2ccc(OC(F)(F)F)cc2C(N=C(NC#N)c2cccnc2)C1O. The van der Waals surface area contributed by atoms with Crippen molar-refractivity contribution >= 4 is 5.84 Å². The number of hydrogen-bond acceptors (Lipinski definition) is 6. The number of aliphatic hydroxyl groups excluding tert-OH is 1. The first kappa shape index (κ1) is 20.4. The van der Waals surface area contributed by atoms with Crippen molar-refractivity contribution < 1.29 is 27.8 Å². The fourth-order valence-corrected chi connectivity index (χ4v) is 2.96. The number of pyridine rings is 1. The Balaban J connectivity index is 2.11. The molecule has 0 saturated heterocycles. The van der Waals surface area contributed by atoms with Gasteiger partial charge in [-0.15, -0.1) is 13.2 Å². The van der Waals surface area contributed by atoms with Crippen molar-refractivity contribution in [2.24, 2.45) is 4.99 Å². The number of amidine groups is 1. The third kappa shape index (κ3) is 4.57. The average molecular weight is 406 g/mol. The monoisotopic (exact) mass is 406 g/mol. The summed E-state index contributed by atoms with van der Waals surface area (Å²) in [5, 5.41) is 22.3. The van der Waals surface area contributed by atoms with Crippen molar-refractivity contribution in [3.63, 3.8) is 0 Å². The zero-order valence-corrected chi connectivity index (χ0v) is 15.4. The summed E-state index contributed by atoms with van der Waals surface area (Å²) in [4.78, 5) is 8.39. The van der Waals surface area contributed by atoms with Crippen LogP contribution in [0.2, 0.25) is 0 Å². The molecule has 2 unspecified atom stereocenters. The Morgan fingerprint density at radius 2 is 2.14 bits per heavy atom. The Bertz CT molecular complexity index is 955. The number of halogens is 3. The molecule has 0 bridgehead atoms. The van der Waals surface area contributed by atoms with Gasteiger partial charge in [0.05, 0.1) is 0 Å².